The summed E-state index contributed by atoms with van der Waals surface area (Å²) in [5, 5.41) is 0. The van der Waals surface area contributed by atoms with Crippen molar-refractivity contribution in [3.05, 3.63) is 59.7 Å². The van der Waals surface area contributed by atoms with Gasteiger partial charge < -0.3 is 0 Å². The zero-order valence-electron chi connectivity index (χ0n) is 17.2. The largest absolute Gasteiger partial charge is 0.335 e. The summed E-state index contributed by atoms with van der Waals surface area (Å²) >= 11 is 0. The Hall–Kier alpha value is -1.84. The molecule has 4 heteroatoms. The van der Waals surface area contributed by atoms with Crippen LogP contribution < -0.4 is 0 Å². The van der Waals surface area contributed by atoms with Gasteiger partial charge in [0.25, 0.3) is 0 Å². The molecule has 0 nitrogen and oxygen atoms in total. The SMILES string of the molecule is CCCC(F)(F)C(F)(F)c1ccc(-c2ccc([C@H]3CC[C@H](CC)CC3)cc2)cc1. The Balaban J connectivity index is 1.72. The van der Waals surface area contributed by atoms with E-state index in [0.29, 0.717) is 5.92 Å². The van der Waals surface area contributed by atoms with Crippen LogP contribution in [0.5, 0.6) is 0 Å². The van der Waals surface area contributed by atoms with E-state index < -0.39 is 23.8 Å². The lowest BCUT2D eigenvalue weighted by Crippen LogP contribution is -2.37. The van der Waals surface area contributed by atoms with Crippen LogP contribution in [-0.2, 0) is 5.92 Å². The number of hydrogen-bond acceptors (Lipinski definition) is 0. The third-order valence-corrected chi connectivity index (χ3v) is 6.41. The van der Waals surface area contributed by atoms with Crippen molar-refractivity contribution < 1.29 is 17.6 Å². The Kier molecular flexibility index (Phi) is 6.70. The van der Waals surface area contributed by atoms with Crippen LogP contribution in [0.2, 0.25) is 0 Å². The summed E-state index contributed by atoms with van der Waals surface area (Å²) in [7, 11) is 0. The Morgan fingerprint density at radius 1 is 0.759 bits per heavy atom. The smallest absolute Gasteiger partial charge is 0.199 e. The minimum atomic E-state index is -4.16. The fourth-order valence-electron chi connectivity index (χ4n) is 4.41. The molecule has 1 aliphatic rings. The molecule has 0 atom stereocenters. The van der Waals surface area contributed by atoms with E-state index in [2.05, 4.69) is 19.1 Å². The average molecular weight is 407 g/mol. The van der Waals surface area contributed by atoms with Crippen molar-refractivity contribution in [2.75, 3.05) is 0 Å². The second kappa shape index (κ2) is 8.89. The number of halogens is 4. The second-order valence-corrected chi connectivity index (χ2v) is 8.35. The standard InChI is InChI=1S/C25H30F4/c1-3-17-24(26,27)25(28,29)23-15-13-22(14-16-23)21-11-9-20(10-12-21)19-7-5-18(4-2)6-8-19/h9-16,18-19H,3-8,17H2,1-2H3/t18-,19-. The molecular formula is C25H30F4. The van der Waals surface area contributed by atoms with Gasteiger partial charge in [0.05, 0.1) is 0 Å². The van der Waals surface area contributed by atoms with Crippen LogP contribution in [0.4, 0.5) is 17.6 Å². The molecule has 158 valence electrons. The van der Waals surface area contributed by atoms with E-state index in [9.17, 15) is 17.6 Å². The minimum Gasteiger partial charge on any atom is -0.199 e. The molecule has 0 bridgehead atoms. The first-order valence-corrected chi connectivity index (χ1v) is 10.7. The van der Waals surface area contributed by atoms with Crippen molar-refractivity contribution in [3.8, 4) is 11.1 Å². The van der Waals surface area contributed by atoms with E-state index in [0.717, 1.165) is 29.2 Å². The van der Waals surface area contributed by atoms with Gasteiger partial charge in [-0.1, -0.05) is 75.2 Å². The zero-order chi connectivity index (χ0) is 21.1. The Bertz CT molecular complexity index is 769. The van der Waals surface area contributed by atoms with Gasteiger partial charge in [-0.2, -0.15) is 17.6 Å². The van der Waals surface area contributed by atoms with Gasteiger partial charge >= 0.3 is 11.8 Å². The molecule has 1 fully saturated rings. The molecule has 0 aromatic heterocycles. The van der Waals surface area contributed by atoms with E-state index in [1.54, 1.807) is 0 Å². The summed E-state index contributed by atoms with van der Waals surface area (Å²) in [5.74, 6) is -6.76. The van der Waals surface area contributed by atoms with Crippen LogP contribution in [0.15, 0.2) is 48.5 Å². The summed E-state index contributed by atoms with van der Waals surface area (Å²) in [5.41, 5.74) is 2.35. The van der Waals surface area contributed by atoms with Crippen molar-refractivity contribution in [1.82, 2.24) is 0 Å². The first-order valence-electron chi connectivity index (χ1n) is 10.7. The maximum absolute atomic E-state index is 14.2. The number of alkyl halides is 4. The maximum atomic E-state index is 14.2. The van der Waals surface area contributed by atoms with Gasteiger partial charge in [0.1, 0.15) is 0 Å². The highest BCUT2D eigenvalue weighted by Gasteiger charge is 2.56. The number of hydrogen-bond donors (Lipinski definition) is 0. The molecule has 29 heavy (non-hydrogen) atoms. The van der Waals surface area contributed by atoms with Gasteiger partial charge in [-0.3, -0.25) is 0 Å². The molecule has 2 aromatic carbocycles. The maximum Gasteiger partial charge on any atom is 0.335 e. The molecule has 3 rings (SSSR count). The van der Waals surface area contributed by atoms with Crippen LogP contribution in [0.3, 0.4) is 0 Å². The van der Waals surface area contributed by atoms with Crippen molar-refractivity contribution in [3.63, 3.8) is 0 Å². The van der Waals surface area contributed by atoms with Crippen LogP contribution in [0.1, 0.15) is 75.8 Å². The Morgan fingerprint density at radius 2 is 1.28 bits per heavy atom. The van der Waals surface area contributed by atoms with Gasteiger partial charge in [-0.25, -0.2) is 0 Å². The van der Waals surface area contributed by atoms with Gasteiger partial charge in [-0.05, 0) is 54.2 Å². The molecular weight excluding hydrogens is 376 g/mol. The fourth-order valence-corrected chi connectivity index (χ4v) is 4.41. The highest BCUT2D eigenvalue weighted by Crippen LogP contribution is 2.46. The predicted octanol–water partition coefficient (Wildman–Crippen LogP) is 8.56. The summed E-state index contributed by atoms with van der Waals surface area (Å²) in [6.07, 6.45) is 5.42. The lowest BCUT2D eigenvalue weighted by molar-refractivity contribution is -0.219. The molecule has 0 unspecified atom stereocenters. The zero-order valence-corrected chi connectivity index (χ0v) is 17.2. The Labute approximate surface area is 171 Å². The normalized spacial score (nSPS) is 20.6. The molecule has 1 saturated carbocycles. The topological polar surface area (TPSA) is 0 Å². The lowest BCUT2D eigenvalue weighted by Gasteiger charge is -2.28. The van der Waals surface area contributed by atoms with Crippen molar-refractivity contribution in [2.24, 2.45) is 5.92 Å². The third-order valence-electron chi connectivity index (χ3n) is 6.41. The third kappa shape index (κ3) is 4.67. The predicted molar refractivity (Wildman–Crippen MR) is 111 cm³/mol. The van der Waals surface area contributed by atoms with Crippen LogP contribution in [0.25, 0.3) is 11.1 Å². The summed E-state index contributed by atoms with van der Waals surface area (Å²) < 4.78 is 56.1. The first-order chi connectivity index (χ1) is 13.8. The monoisotopic (exact) mass is 406 g/mol. The van der Waals surface area contributed by atoms with E-state index in [1.807, 2.05) is 12.1 Å². The molecule has 0 N–H and O–H groups in total. The second-order valence-electron chi connectivity index (χ2n) is 8.35. The fraction of sp³-hybridized carbons (Fsp3) is 0.520. The van der Waals surface area contributed by atoms with Gasteiger partial charge in [-0.15, -0.1) is 0 Å². The molecule has 0 heterocycles. The molecule has 1 aliphatic carbocycles. The molecule has 0 radical (unpaired) electrons. The molecule has 0 saturated heterocycles. The molecule has 0 spiro atoms. The van der Waals surface area contributed by atoms with Crippen LogP contribution in [-0.4, -0.2) is 5.92 Å². The van der Waals surface area contributed by atoms with Crippen LogP contribution in [0, 0.1) is 5.92 Å². The summed E-state index contributed by atoms with van der Waals surface area (Å²) in [4.78, 5) is 0. The summed E-state index contributed by atoms with van der Waals surface area (Å²) in [6.45, 7) is 3.73. The van der Waals surface area contributed by atoms with E-state index in [-0.39, 0.29) is 6.42 Å². The van der Waals surface area contributed by atoms with Crippen molar-refractivity contribution in [1.29, 1.82) is 0 Å². The average Bonchev–Trinajstić information content (AvgIpc) is 2.74. The van der Waals surface area contributed by atoms with Gasteiger partial charge in [0.2, 0.25) is 0 Å². The number of rotatable bonds is 7. The number of benzene rings is 2. The minimum absolute atomic E-state index is 0.00706. The van der Waals surface area contributed by atoms with E-state index >= 15 is 0 Å². The Morgan fingerprint density at radius 3 is 1.76 bits per heavy atom. The molecule has 0 aliphatic heterocycles. The van der Waals surface area contributed by atoms with Crippen molar-refractivity contribution >= 4 is 0 Å². The highest BCUT2D eigenvalue weighted by atomic mass is 19.3. The van der Waals surface area contributed by atoms with E-state index in [4.69, 9.17) is 0 Å². The van der Waals surface area contributed by atoms with Gasteiger partial charge in [0.15, 0.2) is 0 Å². The van der Waals surface area contributed by atoms with E-state index in [1.165, 1.54) is 56.7 Å². The summed E-state index contributed by atoms with van der Waals surface area (Å²) in [6, 6.07) is 13.5. The van der Waals surface area contributed by atoms with Crippen molar-refractivity contribution in [2.45, 2.75) is 76.6 Å². The quantitative estimate of drug-likeness (QED) is 0.404. The molecule has 0 amide bonds. The van der Waals surface area contributed by atoms with Gasteiger partial charge in [0, 0.05) is 12.0 Å². The highest BCUT2D eigenvalue weighted by molar-refractivity contribution is 5.64. The molecule has 2 aromatic rings. The lowest BCUT2D eigenvalue weighted by atomic mass is 9.77. The van der Waals surface area contributed by atoms with Crippen LogP contribution >= 0.6 is 0 Å². The first kappa shape index (κ1) is 21.9.